The maximum atomic E-state index is 6.08. The molecule has 0 spiro atoms. The van der Waals surface area contributed by atoms with E-state index in [4.69, 9.17) is 16.7 Å². The third-order valence-electron chi connectivity index (χ3n) is 4.01. The van der Waals surface area contributed by atoms with Gasteiger partial charge in [-0.25, -0.2) is 0 Å². The maximum Gasteiger partial charge on any atom is 0.185 e. The van der Waals surface area contributed by atoms with Crippen LogP contribution in [0.5, 0.6) is 0 Å². The Balaban J connectivity index is 1.79. The Kier molecular flexibility index (Phi) is 3.42. The summed E-state index contributed by atoms with van der Waals surface area (Å²) in [6, 6.07) is 11.6. The van der Waals surface area contributed by atoms with E-state index < -0.39 is 0 Å². The van der Waals surface area contributed by atoms with Crippen LogP contribution in [0, 0.1) is 0 Å². The molecule has 1 fully saturated rings. The average Bonchev–Trinajstić information content (AvgIpc) is 2.99. The summed E-state index contributed by atoms with van der Waals surface area (Å²) in [6.07, 6.45) is 3.76. The molecule has 1 aromatic carbocycles. The van der Waals surface area contributed by atoms with Gasteiger partial charge in [-0.05, 0) is 43.5 Å². The molecule has 112 valence electrons. The lowest BCUT2D eigenvalue weighted by Gasteiger charge is -2.27. The number of benzene rings is 1. The molecule has 22 heavy (non-hydrogen) atoms. The molecule has 0 unspecified atom stereocenters. The standard InChI is InChI=1S/C16H16ClN5/c17-13-6-4-5-12(11-13)16-19-18-14-7-8-15(20-22(14)16)21-9-2-1-3-10-21/h4-8,11H,1-3,9-10H2. The van der Waals surface area contributed by atoms with Crippen molar-refractivity contribution in [2.24, 2.45) is 0 Å². The summed E-state index contributed by atoms with van der Waals surface area (Å²) in [6.45, 7) is 2.13. The molecule has 4 rings (SSSR count). The van der Waals surface area contributed by atoms with Gasteiger partial charge in [0.1, 0.15) is 5.82 Å². The van der Waals surface area contributed by atoms with E-state index in [1.165, 1.54) is 19.3 Å². The Hall–Kier alpha value is -2.14. The van der Waals surface area contributed by atoms with Crippen LogP contribution in [-0.2, 0) is 0 Å². The second kappa shape index (κ2) is 5.57. The van der Waals surface area contributed by atoms with Crippen molar-refractivity contribution in [3.63, 3.8) is 0 Å². The zero-order valence-corrected chi connectivity index (χ0v) is 12.9. The molecule has 0 bridgehead atoms. The SMILES string of the molecule is Clc1cccc(-c2nnc3ccc(N4CCCCC4)nn23)c1. The molecule has 1 aliphatic heterocycles. The molecule has 0 saturated carbocycles. The molecule has 3 aromatic rings. The number of piperidine rings is 1. The monoisotopic (exact) mass is 313 g/mol. The molecule has 1 aliphatic rings. The quantitative estimate of drug-likeness (QED) is 0.727. The molecule has 2 aromatic heterocycles. The fourth-order valence-electron chi connectivity index (χ4n) is 2.88. The van der Waals surface area contributed by atoms with E-state index in [9.17, 15) is 0 Å². The van der Waals surface area contributed by atoms with Crippen molar-refractivity contribution in [3.8, 4) is 11.4 Å². The van der Waals surface area contributed by atoms with Crippen molar-refractivity contribution >= 4 is 23.1 Å². The molecule has 0 N–H and O–H groups in total. The summed E-state index contributed by atoms with van der Waals surface area (Å²) in [5.41, 5.74) is 1.67. The highest BCUT2D eigenvalue weighted by molar-refractivity contribution is 6.30. The highest BCUT2D eigenvalue weighted by Gasteiger charge is 2.15. The molecule has 6 heteroatoms. The fourth-order valence-corrected chi connectivity index (χ4v) is 3.07. The summed E-state index contributed by atoms with van der Waals surface area (Å²) in [7, 11) is 0. The van der Waals surface area contributed by atoms with Crippen LogP contribution >= 0.6 is 11.6 Å². The van der Waals surface area contributed by atoms with Crippen LogP contribution in [0.2, 0.25) is 5.02 Å². The van der Waals surface area contributed by atoms with Gasteiger partial charge in [-0.15, -0.1) is 15.3 Å². The fraction of sp³-hybridized carbons (Fsp3) is 0.312. The lowest BCUT2D eigenvalue weighted by atomic mass is 10.1. The van der Waals surface area contributed by atoms with Crippen molar-refractivity contribution in [2.75, 3.05) is 18.0 Å². The third-order valence-corrected chi connectivity index (χ3v) is 4.25. The van der Waals surface area contributed by atoms with E-state index in [0.717, 1.165) is 35.9 Å². The Labute approximate surface area is 133 Å². The predicted octanol–water partition coefficient (Wildman–Crippen LogP) is 3.44. The number of hydrogen-bond donors (Lipinski definition) is 0. The number of halogens is 1. The first-order valence-electron chi connectivity index (χ1n) is 7.55. The average molecular weight is 314 g/mol. The first-order chi connectivity index (χ1) is 10.8. The summed E-state index contributed by atoms with van der Waals surface area (Å²) in [5, 5.41) is 13.9. The first-order valence-corrected chi connectivity index (χ1v) is 7.92. The Morgan fingerprint density at radius 2 is 1.82 bits per heavy atom. The van der Waals surface area contributed by atoms with Gasteiger partial charge in [-0.2, -0.15) is 4.52 Å². The van der Waals surface area contributed by atoms with Crippen LogP contribution in [0.4, 0.5) is 5.82 Å². The van der Waals surface area contributed by atoms with E-state index >= 15 is 0 Å². The summed E-state index contributed by atoms with van der Waals surface area (Å²) >= 11 is 6.08. The number of anilines is 1. The van der Waals surface area contributed by atoms with Gasteiger partial charge in [0, 0.05) is 23.7 Å². The van der Waals surface area contributed by atoms with Gasteiger partial charge >= 0.3 is 0 Å². The highest BCUT2D eigenvalue weighted by atomic mass is 35.5. The second-order valence-corrected chi connectivity index (χ2v) is 5.98. The number of fused-ring (bicyclic) bond motifs is 1. The van der Waals surface area contributed by atoms with Crippen molar-refractivity contribution in [1.29, 1.82) is 0 Å². The molecular formula is C16H16ClN5. The van der Waals surface area contributed by atoms with E-state index in [2.05, 4.69) is 15.1 Å². The molecule has 0 atom stereocenters. The second-order valence-electron chi connectivity index (χ2n) is 5.54. The number of aromatic nitrogens is 4. The minimum absolute atomic E-state index is 0.682. The van der Waals surface area contributed by atoms with Crippen molar-refractivity contribution in [1.82, 2.24) is 19.8 Å². The van der Waals surface area contributed by atoms with E-state index in [0.29, 0.717) is 5.02 Å². The van der Waals surface area contributed by atoms with Crippen LogP contribution in [0.25, 0.3) is 17.0 Å². The minimum Gasteiger partial charge on any atom is -0.355 e. The van der Waals surface area contributed by atoms with Gasteiger partial charge < -0.3 is 4.90 Å². The maximum absolute atomic E-state index is 6.08. The van der Waals surface area contributed by atoms with E-state index in [1.54, 1.807) is 4.52 Å². The van der Waals surface area contributed by atoms with Crippen LogP contribution in [0.1, 0.15) is 19.3 Å². The van der Waals surface area contributed by atoms with Crippen molar-refractivity contribution in [3.05, 3.63) is 41.4 Å². The summed E-state index contributed by atoms with van der Waals surface area (Å²) < 4.78 is 1.80. The number of rotatable bonds is 2. The Bertz CT molecular complexity index is 807. The van der Waals surface area contributed by atoms with Gasteiger partial charge in [0.05, 0.1) is 0 Å². The molecule has 1 saturated heterocycles. The van der Waals surface area contributed by atoms with E-state index in [-0.39, 0.29) is 0 Å². The number of nitrogens with zero attached hydrogens (tertiary/aromatic N) is 5. The topological polar surface area (TPSA) is 46.3 Å². The molecule has 5 nitrogen and oxygen atoms in total. The zero-order valence-electron chi connectivity index (χ0n) is 12.1. The number of hydrogen-bond acceptors (Lipinski definition) is 4. The summed E-state index contributed by atoms with van der Waals surface area (Å²) in [5.74, 6) is 1.70. The van der Waals surface area contributed by atoms with Gasteiger partial charge in [0.15, 0.2) is 11.5 Å². The Morgan fingerprint density at radius 1 is 0.955 bits per heavy atom. The van der Waals surface area contributed by atoms with Gasteiger partial charge in [-0.3, -0.25) is 0 Å². The van der Waals surface area contributed by atoms with Crippen LogP contribution in [0.15, 0.2) is 36.4 Å². The normalized spacial score (nSPS) is 15.4. The lowest BCUT2D eigenvalue weighted by molar-refractivity contribution is 0.570. The minimum atomic E-state index is 0.682. The van der Waals surface area contributed by atoms with Crippen molar-refractivity contribution < 1.29 is 0 Å². The highest BCUT2D eigenvalue weighted by Crippen LogP contribution is 2.23. The third kappa shape index (κ3) is 2.41. The van der Waals surface area contributed by atoms with E-state index in [1.807, 2.05) is 36.4 Å². The molecule has 0 aliphatic carbocycles. The molecule has 0 amide bonds. The molecular weight excluding hydrogens is 298 g/mol. The zero-order chi connectivity index (χ0) is 14.9. The largest absolute Gasteiger partial charge is 0.355 e. The van der Waals surface area contributed by atoms with Gasteiger partial charge in [-0.1, -0.05) is 23.7 Å². The molecule has 0 radical (unpaired) electrons. The summed E-state index contributed by atoms with van der Waals surface area (Å²) in [4.78, 5) is 2.32. The molecule has 3 heterocycles. The van der Waals surface area contributed by atoms with Crippen molar-refractivity contribution in [2.45, 2.75) is 19.3 Å². The van der Waals surface area contributed by atoms with Gasteiger partial charge in [0.2, 0.25) is 0 Å². The van der Waals surface area contributed by atoms with Crippen LogP contribution in [-0.4, -0.2) is 32.9 Å². The van der Waals surface area contributed by atoms with Crippen LogP contribution in [0.3, 0.4) is 0 Å². The Morgan fingerprint density at radius 3 is 2.64 bits per heavy atom. The smallest absolute Gasteiger partial charge is 0.185 e. The predicted molar refractivity (Wildman–Crippen MR) is 87.3 cm³/mol. The van der Waals surface area contributed by atoms with Crippen LogP contribution < -0.4 is 4.90 Å². The lowest BCUT2D eigenvalue weighted by Crippen LogP contribution is -2.30. The van der Waals surface area contributed by atoms with Gasteiger partial charge in [0.25, 0.3) is 0 Å². The first kappa shape index (κ1) is 13.5.